The average Bonchev–Trinajstić information content (AvgIpc) is 2.74. The summed E-state index contributed by atoms with van der Waals surface area (Å²) in [6.45, 7) is 3.91. The van der Waals surface area contributed by atoms with Crippen molar-refractivity contribution in [1.29, 1.82) is 0 Å². The van der Waals surface area contributed by atoms with Crippen LogP contribution in [0.15, 0.2) is 30.6 Å². The zero-order valence-electron chi connectivity index (χ0n) is 16.7. The fourth-order valence-corrected chi connectivity index (χ4v) is 4.24. The molecule has 0 radical (unpaired) electrons. The highest BCUT2D eigenvalue weighted by Crippen LogP contribution is 2.38. The minimum absolute atomic E-state index is 0.101. The van der Waals surface area contributed by atoms with Crippen LogP contribution in [0.1, 0.15) is 66.4 Å². The molecule has 0 bridgehead atoms. The standard InChI is InChI=1S/C22H28FN3O2/c1-4-19(26-22(27)17-9-10-20(28-3)25-13-17)16-7-5-15(6-8-16)18-11-12-24-21(23)14(18)2/h9-13,15-16,19H,4-8H2,1-3H3,(H,26,27)/t15?,16?,19-/m0/s1. The predicted octanol–water partition coefficient (Wildman–Crippen LogP) is 4.42. The van der Waals surface area contributed by atoms with Crippen molar-refractivity contribution in [2.45, 2.75) is 57.9 Å². The Kier molecular flexibility index (Phi) is 6.60. The van der Waals surface area contributed by atoms with E-state index in [1.807, 2.05) is 13.0 Å². The first-order chi connectivity index (χ1) is 13.5. The summed E-state index contributed by atoms with van der Waals surface area (Å²) < 4.78 is 18.8. The summed E-state index contributed by atoms with van der Waals surface area (Å²) in [5.74, 6) is 0.823. The van der Waals surface area contributed by atoms with E-state index in [2.05, 4.69) is 22.2 Å². The van der Waals surface area contributed by atoms with E-state index in [0.717, 1.165) is 37.7 Å². The Labute approximate surface area is 165 Å². The summed E-state index contributed by atoms with van der Waals surface area (Å²) in [6, 6.07) is 5.49. The Bertz CT molecular complexity index is 802. The number of methoxy groups -OCH3 is 1. The molecule has 1 aliphatic carbocycles. The van der Waals surface area contributed by atoms with Gasteiger partial charge in [0.25, 0.3) is 5.91 Å². The molecule has 2 heterocycles. The number of aromatic nitrogens is 2. The third kappa shape index (κ3) is 4.49. The second-order valence-corrected chi connectivity index (χ2v) is 7.51. The zero-order valence-corrected chi connectivity index (χ0v) is 16.7. The van der Waals surface area contributed by atoms with Crippen molar-refractivity contribution in [1.82, 2.24) is 15.3 Å². The van der Waals surface area contributed by atoms with E-state index in [0.29, 0.717) is 28.8 Å². The molecule has 6 heteroatoms. The van der Waals surface area contributed by atoms with Gasteiger partial charge >= 0.3 is 0 Å². The van der Waals surface area contributed by atoms with Crippen molar-refractivity contribution in [3.8, 4) is 5.88 Å². The molecule has 0 spiro atoms. The van der Waals surface area contributed by atoms with E-state index in [9.17, 15) is 9.18 Å². The molecule has 1 aliphatic rings. The van der Waals surface area contributed by atoms with Gasteiger partial charge in [0.15, 0.2) is 0 Å². The number of carbonyl (C=O) groups excluding carboxylic acids is 1. The molecule has 2 aromatic heterocycles. The molecule has 28 heavy (non-hydrogen) atoms. The number of carbonyl (C=O) groups is 1. The number of hydrogen-bond acceptors (Lipinski definition) is 4. The first kappa shape index (κ1) is 20.2. The van der Waals surface area contributed by atoms with Gasteiger partial charge in [0.05, 0.1) is 12.7 Å². The van der Waals surface area contributed by atoms with E-state index >= 15 is 0 Å². The Morgan fingerprint density at radius 2 is 2.00 bits per heavy atom. The third-order valence-corrected chi connectivity index (χ3v) is 5.93. The number of rotatable bonds is 6. The Hall–Kier alpha value is -2.50. The van der Waals surface area contributed by atoms with Gasteiger partial charge in [-0.3, -0.25) is 4.79 Å². The fourth-order valence-electron chi connectivity index (χ4n) is 4.24. The van der Waals surface area contributed by atoms with Crippen LogP contribution in [0.4, 0.5) is 4.39 Å². The summed E-state index contributed by atoms with van der Waals surface area (Å²) in [4.78, 5) is 20.4. The lowest BCUT2D eigenvalue weighted by atomic mass is 9.75. The number of pyridine rings is 2. The molecule has 1 amide bonds. The maximum Gasteiger partial charge on any atom is 0.253 e. The van der Waals surface area contributed by atoms with Crippen molar-refractivity contribution in [3.63, 3.8) is 0 Å². The van der Waals surface area contributed by atoms with Crippen LogP contribution in [0.2, 0.25) is 0 Å². The average molecular weight is 385 g/mol. The molecular formula is C22H28FN3O2. The summed E-state index contributed by atoms with van der Waals surface area (Å²) >= 11 is 0. The van der Waals surface area contributed by atoms with Gasteiger partial charge in [0, 0.05) is 30.1 Å². The van der Waals surface area contributed by atoms with E-state index < -0.39 is 0 Å². The summed E-state index contributed by atoms with van der Waals surface area (Å²) in [6.07, 6.45) is 8.03. The van der Waals surface area contributed by atoms with Gasteiger partial charge in [0.2, 0.25) is 11.8 Å². The highest BCUT2D eigenvalue weighted by Gasteiger charge is 2.29. The van der Waals surface area contributed by atoms with Gasteiger partial charge < -0.3 is 10.1 Å². The normalized spacial score (nSPS) is 20.4. The number of nitrogens with one attached hydrogen (secondary N) is 1. The quantitative estimate of drug-likeness (QED) is 0.748. The SMILES string of the molecule is CC[C@H](NC(=O)c1ccc(OC)nc1)C1CCC(c2ccnc(F)c2C)CC1. The molecule has 3 rings (SSSR count). The number of halogens is 1. The fraction of sp³-hybridized carbons (Fsp3) is 0.500. The van der Waals surface area contributed by atoms with Gasteiger partial charge in [-0.2, -0.15) is 4.39 Å². The third-order valence-electron chi connectivity index (χ3n) is 5.93. The molecule has 0 saturated heterocycles. The molecule has 5 nitrogen and oxygen atoms in total. The van der Waals surface area contributed by atoms with E-state index in [1.165, 1.54) is 0 Å². The molecule has 0 unspecified atom stereocenters. The van der Waals surface area contributed by atoms with Crippen LogP contribution in [0, 0.1) is 18.8 Å². The van der Waals surface area contributed by atoms with Gasteiger partial charge in [-0.05, 0) is 68.6 Å². The van der Waals surface area contributed by atoms with Crippen LogP contribution < -0.4 is 10.1 Å². The van der Waals surface area contributed by atoms with Crippen molar-refractivity contribution >= 4 is 5.91 Å². The molecule has 1 fully saturated rings. The van der Waals surface area contributed by atoms with Crippen molar-refractivity contribution in [2.24, 2.45) is 5.92 Å². The molecule has 0 aliphatic heterocycles. The van der Waals surface area contributed by atoms with Crippen LogP contribution >= 0.6 is 0 Å². The van der Waals surface area contributed by atoms with Gasteiger partial charge in [-0.25, -0.2) is 9.97 Å². The van der Waals surface area contributed by atoms with Crippen molar-refractivity contribution in [3.05, 3.63) is 53.2 Å². The van der Waals surface area contributed by atoms with Gasteiger partial charge in [0.1, 0.15) is 0 Å². The van der Waals surface area contributed by atoms with Crippen molar-refractivity contribution in [2.75, 3.05) is 7.11 Å². The number of nitrogens with zero attached hydrogens (tertiary/aromatic N) is 2. The van der Waals surface area contributed by atoms with Crippen LogP contribution in [-0.2, 0) is 0 Å². The van der Waals surface area contributed by atoms with Crippen LogP contribution in [0.3, 0.4) is 0 Å². The largest absolute Gasteiger partial charge is 0.481 e. The van der Waals surface area contributed by atoms with Crippen molar-refractivity contribution < 1.29 is 13.9 Å². The van der Waals surface area contributed by atoms with E-state index in [-0.39, 0.29) is 17.9 Å². The number of ether oxygens (including phenoxy) is 1. The maximum atomic E-state index is 13.8. The van der Waals surface area contributed by atoms with Crippen LogP contribution in [0.25, 0.3) is 0 Å². The number of amides is 1. The van der Waals surface area contributed by atoms with Crippen LogP contribution in [0.5, 0.6) is 5.88 Å². The zero-order chi connectivity index (χ0) is 20.1. The Balaban J connectivity index is 1.60. The monoisotopic (exact) mass is 385 g/mol. The molecule has 1 N–H and O–H groups in total. The molecule has 0 aromatic carbocycles. The maximum absolute atomic E-state index is 13.8. The second-order valence-electron chi connectivity index (χ2n) is 7.51. The molecular weight excluding hydrogens is 357 g/mol. The summed E-state index contributed by atoms with van der Waals surface area (Å²) in [5, 5.41) is 3.18. The minimum atomic E-state index is -0.369. The lowest BCUT2D eigenvalue weighted by molar-refractivity contribution is 0.0909. The smallest absolute Gasteiger partial charge is 0.253 e. The number of hydrogen-bond donors (Lipinski definition) is 1. The van der Waals surface area contributed by atoms with E-state index in [4.69, 9.17) is 4.74 Å². The van der Waals surface area contributed by atoms with Gasteiger partial charge in [-0.1, -0.05) is 6.92 Å². The van der Waals surface area contributed by atoms with E-state index in [1.54, 1.807) is 31.6 Å². The molecule has 1 atom stereocenters. The topological polar surface area (TPSA) is 64.1 Å². The lowest BCUT2D eigenvalue weighted by Crippen LogP contribution is -2.41. The van der Waals surface area contributed by atoms with Gasteiger partial charge in [-0.15, -0.1) is 0 Å². The van der Waals surface area contributed by atoms with Crippen LogP contribution in [-0.4, -0.2) is 29.0 Å². The minimum Gasteiger partial charge on any atom is -0.481 e. The first-order valence-corrected chi connectivity index (χ1v) is 9.95. The highest BCUT2D eigenvalue weighted by atomic mass is 19.1. The lowest BCUT2D eigenvalue weighted by Gasteiger charge is -2.34. The first-order valence-electron chi connectivity index (χ1n) is 9.95. The highest BCUT2D eigenvalue weighted by molar-refractivity contribution is 5.94. The summed E-state index contributed by atoms with van der Waals surface area (Å²) in [7, 11) is 1.55. The molecule has 2 aromatic rings. The summed E-state index contributed by atoms with van der Waals surface area (Å²) in [5.41, 5.74) is 2.28. The predicted molar refractivity (Wildman–Crippen MR) is 106 cm³/mol. The Morgan fingerprint density at radius 3 is 2.61 bits per heavy atom. The Morgan fingerprint density at radius 1 is 1.25 bits per heavy atom. The molecule has 150 valence electrons. The second kappa shape index (κ2) is 9.13. The molecule has 1 saturated carbocycles.